The summed E-state index contributed by atoms with van der Waals surface area (Å²) in [7, 11) is 0. The minimum absolute atomic E-state index is 0.226. The molecule has 3 nitrogen and oxygen atoms in total. The first-order valence-electron chi connectivity index (χ1n) is 16.1. The second-order valence-corrected chi connectivity index (χ2v) is 14.1. The molecule has 0 fully saturated rings. The van der Waals surface area contributed by atoms with Gasteiger partial charge in [0.1, 0.15) is 0 Å². The lowest BCUT2D eigenvalue weighted by atomic mass is 9.81. The Kier molecular flexibility index (Phi) is 5.50. The summed E-state index contributed by atoms with van der Waals surface area (Å²) in [6, 6.07) is 50.3. The number of rotatable bonds is 3. The van der Waals surface area contributed by atoms with Gasteiger partial charge >= 0.3 is 0 Å². The molecule has 0 N–H and O–H groups in total. The number of thiophene rings is 1. The van der Waals surface area contributed by atoms with Gasteiger partial charge in [-0.1, -0.05) is 117 Å². The molecule has 0 aliphatic heterocycles. The Labute approximate surface area is 276 Å². The monoisotopic (exact) mass is 619 g/mol. The predicted octanol–water partition coefficient (Wildman–Crippen LogP) is 11.6. The van der Waals surface area contributed by atoms with E-state index in [0.29, 0.717) is 0 Å². The van der Waals surface area contributed by atoms with Crippen LogP contribution >= 0.6 is 11.3 Å². The molecule has 0 amide bonds. The number of fused-ring (bicyclic) bond motifs is 9. The fraction of sp³-hybridized carbons (Fsp3) is 0.0698. The quantitative estimate of drug-likeness (QED) is 0.197. The topological polar surface area (TPSA) is 30.7 Å². The fourth-order valence-electron chi connectivity index (χ4n) is 7.78. The Morgan fingerprint density at radius 2 is 1.23 bits per heavy atom. The largest absolute Gasteiger partial charge is 0.309 e. The van der Waals surface area contributed by atoms with Crippen molar-refractivity contribution in [2.24, 2.45) is 0 Å². The average molecular weight is 620 g/mol. The van der Waals surface area contributed by atoms with E-state index in [0.717, 1.165) is 34.0 Å². The summed E-state index contributed by atoms with van der Waals surface area (Å²) >= 11 is 1.87. The minimum atomic E-state index is -0.226. The number of nitrogens with zero attached hydrogens (tertiary/aromatic N) is 3. The second-order valence-electron chi connectivity index (χ2n) is 13.0. The van der Waals surface area contributed by atoms with Gasteiger partial charge in [0.25, 0.3) is 0 Å². The van der Waals surface area contributed by atoms with E-state index in [1.54, 1.807) is 0 Å². The maximum absolute atomic E-state index is 5.30. The molecule has 3 heterocycles. The number of para-hydroxylation sites is 1. The summed E-state index contributed by atoms with van der Waals surface area (Å²) in [5.41, 5.74) is 11.2. The second kappa shape index (κ2) is 9.71. The Morgan fingerprint density at radius 3 is 2.09 bits per heavy atom. The number of aromatic nitrogens is 3. The number of hydrogen-bond acceptors (Lipinski definition) is 3. The van der Waals surface area contributed by atoms with Crippen molar-refractivity contribution in [2.45, 2.75) is 19.3 Å². The molecule has 10 rings (SSSR count). The normalized spacial score (nSPS) is 13.5. The molecule has 4 heteroatoms. The van der Waals surface area contributed by atoms with Crippen LogP contribution in [0.15, 0.2) is 140 Å². The van der Waals surface area contributed by atoms with Gasteiger partial charge in [-0.3, -0.25) is 0 Å². The summed E-state index contributed by atoms with van der Waals surface area (Å²) in [5.74, 6) is 0.755. The first-order valence-corrected chi connectivity index (χ1v) is 16.9. The molecular formula is C43H29N3S. The van der Waals surface area contributed by atoms with Crippen molar-refractivity contribution in [3.63, 3.8) is 0 Å². The van der Waals surface area contributed by atoms with Gasteiger partial charge in [0, 0.05) is 64.3 Å². The lowest BCUT2D eigenvalue weighted by Gasteiger charge is -2.24. The van der Waals surface area contributed by atoms with Crippen LogP contribution in [0, 0.1) is 0 Å². The van der Waals surface area contributed by atoms with Crippen molar-refractivity contribution >= 4 is 53.3 Å². The Hall–Kier alpha value is -5.58. The van der Waals surface area contributed by atoms with Crippen LogP contribution in [-0.4, -0.2) is 14.5 Å². The van der Waals surface area contributed by atoms with Gasteiger partial charge < -0.3 is 4.57 Å². The minimum Gasteiger partial charge on any atom is -0.309 e. The van der Waals surface area contributed by atoms with Gasteiger partial charge in [-0.15, -0.1) is 11.3 Å². The summed E-state index contributed by atoms with van der Waals surface area (Å²) in [6.07, 6.45) is 0. The van der Waals surface area contributed by atoms with Crippen LogP contribution < -0.4 is 0 Å². The summed E-state index contributed by atoms with van der Waals surface area (Å²) in [6.45, 7) is 4.60. The molecule has 9 aromatic rings. The first-order chi connectivity index (χ1) is 23.1. The van der Waals surface area contributed by atoms with Gasteiger partial charge in [0.15, 0.2) is 5.82 Å². The first kappa shape index (κ1) is 26.6. The molecule has 6 aromatic carbocycles. The summed E-state index contributed by atoms with van der Waals surface area (Å²) < 4.78 is 5.07. The number of hydrogen-bond donors (Lipinski definition) is 0. The van der Waals surface area contributed by atoms with Gasteiger partial charge in [-0.05, 0) is 42.0 Å². The van der Waals surface area contributed by atoms with Crippen LogP contribution in [0.5, 0.6) is 0 Å². The zero-order valence-corrected chi connectivity index (χ0v) is 26.8. The van der Waals surface area contributed by atoms with Gasteiger partial charge in [-0.2, -0.15) is 0 Å². The SMILES string of the molecule is CC1(C)c2ccccc2-c2nc(-c3ccccc3)nc(-c3ccc(-n4c5ccccc5c5cc6sc7ccccc7c6cc54)cc3)c21. The lowest BCUT2D eigenvalue weighted by molar-refractivity contribution is 0.658. The highest BCUT2D eigenvalue weighted by molar-refractivity contribution is 7.25. The molecule has 0 spiro atoms. The van der Waals surface area contributed by atoms with Crippen molar-refractivity contribution in [3.8, 4) is 39.6 Å². The maximum atomic E-state index is 5.30. The molecule has 0 atom stereocenters. The van der Waals surface area contributed by atoms with Gasteiger partial charge in [0.2, 0.25) is 0 Å². The van der Waals surface area contributed by atoms with Crippen molar-refractivity contribution in [3.05, 3.63) is 151 Å². The molecule has 47 heavy (non-hydrogen) atoms. The Balaban J connectivity index is 1.19. The molecule has 0 unspecified atom stereocenters. The van der Waals surface area contributed by atoms with Gasteiger partial charge in [0.05, 0.1) is 22.4 Å². The Morgan fingerprint density at radius 1 is 0.532 bits per heavy atom. The molecule has 1 aliphatic rings. The third-order valence-electron chi connectivity index (χ3n) is 9.99. The molecular weight excluding hydrogens is 591 g/mol. The van der Waals surface area contributed by atoms with E-state index in [-0.39, 0.29) is 5.41 Å². The van der Waals surface area contributed by atoms with E-state index < -0.39 is 0 Å². The van der Waals surface area contributed by atoms with Crippen LogP contribution in [0.2, 0.25) is 0 Å². The highest BCUT2D eigenvalue weighted by Crippen LogP contribution is 2.51. The van der Waals surface area contributed by atoms with E-state index in [4.69, 9.17) is 9.97 Å². The van der Waals surface area contributed by atoms with E-state index in [9.17, 15) is 0 Å². The van der Waals surface area contributed by atoms with Gasteiger partial charge in [-0.25, -0.2) is 9.97 Å². The molecule has 3 aromatic heterocycles. The predicted molar refractivity (Wildman–Crippen MR) is 198 cm³/mol. The highest BCUT2D eigenvalue weighted by Gasteiger charge is 2.40. The molecule has 0 bridgehead atoms. The molecule has 1 aliphatic carbocycles. The third kappa shape index (κ3) is 3.79. The van der Waals surface area contributed by atoms with Crippen molar-refractivity contribution in [1.29, 1.82) is 0 Å². The van der Waals surface area contributed by atoms with Crippen LogP contribution in [0.3, 0.4) is 0 Å². The van der Waals surface area contributed by atoms with Crippen LogP contribution in [0.1, 0.15) is 25.0 Å². The fourth-order valence-corrected chi connectivity index (χ4v) is 8.90. The van der Waals surface area contributed by atoms with Crippen LogP contribution in [0.25, 0.3) is 81.6 Å². The average Bonchev–Trinajstić information content (AvgIpc) is 3.72. The van der Waals surface area contributed by atoms with E-state index >= 15 is 0 Å². The zero-order valence-electron chi connectivity index (χ0n) is 26.0. The molecule has 222 valence electrons. The van der Waals surface area contributed by atoms with Crippen LogP contribution in [0.4, 0.5) is 0 Å². The van der Waals surface area contributed by atoms with Crippen LogP contribution in [-0.2, 0) is 5.41 Å². The van der Waals surface area contributed by atoms with E-state index in [1.807, 2.05) is 17.4 Å². The smallest absolute Gasteiger partial charge is 0.160 e. The maximum Gasteiger partial charge on any atom is 0.160 e. The molecule has 0 radical (unpaired) electrons. The van der Waals surface area contributed by atoms with Crippen molar-refractivity contribution in [1.82, 2.24) is 14.5 Å². The highest BCUT2D eigenvalue weighted by atomic mass is 32.1. The summed E-state index contributed by atoms with van der Waals surface area (Å²) in [5, 5.41) is 5.18. The zero-order chi connectivity index (χ0) is 31.3. The van der Waals surface area contributed by atoms with E-state index in [2.05, 4.69) is 152 Å². The van der Waals surface area contributed by atoms with E-state index in [1.165, 1.54) is 58.7 Å². The van der Waals surface area contributed by atoms with Crippen molar-refractivity contribution in [2.75, 3.05) is 0 Å². The molecule has 0 saturated carbocycles. The standard InChI is InChI=1S/C43H29N3S/c1-43(2)34-17-9-6-16-31(34)41-39(43)40(44-42(45-41)27-12-4-3-5-13-27)26-20-22-28(23-21-26)46-35-18-10-7-14-29(35)32-25-38-33(24-36(32)46)30-15-8-11-19-37(30)47-38/h3-25H,1-2H3. The summed E-state index contributed by atoms with van der Waals surface area (Å²) in [4.78, 5) is 10.5. The molecule has 0 saturated heterocycles. The van der Waals surface area contributed by atoms with Crippen molar-refractivity contribution < 1.29 is 0 Å². The third-order valence-corrected chi connectivity index (χ3v) is 11.1. The lowest BCUT2D eigenvalue weighted by Crippen LogP contribution is -2.17. The Bertz CT molecular complexity index is 2700. The number of benzene rings is 6.